The molecule has 1 aliphatic carbocycles. The van der Waals surface area contributed by atoms with Crippen LogP contribution in [0.5, 0.6) is 0 Å². The second-order valence-corrected chi connectivity index (χ2v) is 6.10. The highest BCUT2D eigenvalue weighted by atomic mass is 16.2. The van der Waals surface area contributed by atoms with Gasteiger partial charge in [-0.05, 0) is 32.9 Å². The van der Waals surface area contributed by atoms with Crippen LogP contribution < -0.4 is 5.73 Å². The lowest BCUT2D eigenvalue weighted by molar-refractivity contribution is -0.136. The number of carbonyl (C=O) groups excluding carboxylic acids is 1. The van der Waals surface area contributed by atoms with E-state index in [-0.39, 0.29) is 17.9 Å². The molecule has 1 aliphatic rings. The van der Waals surface area contributed by atoms with Gasteiger partial charge in [0.15, 0.2) is 0 Å². The largest absolute Gasteiger partial charge is 0.340 e. The van der Waals surface area contributed by atoms with Crippen molar-refractivity contribution >= 4 is 5.91 Å². The first-order chi connectivity index (χ1) is 8.36. The Morgan fingerprint density at radius 3 is 2.06 bits per heavy atom. The molecule has 1 fully saturated rings. The summed E-state index contributed by atoms with van der Waals surface area (Å²) in [4.78, 5) is 16.5. The van der Waals surface area contributed by atoms with Gasteiger partial charge < -0.3 is 15.5 Å². The second-order valence-electron chi connectivity index (χ2n) is 6.10. The smallest absolute Gasteiger partial charge is 0.239 e. The van der Waals surface area contributed by atoms with E-state index in [9.17, 15) is 4.79 Å². The molecular weight excluding hydrogens is 226 g/mol. The van der Waals surface area contributed by atoms with Crippen LogP contribution in [0.2, 0.25) is 0 Å². The molecule has 1 rings (SSSR count). The van der Waals surface area contributed by atoms with E-state index in [1.807, 2.05) is 25.8 Å². The van der Waals surface area contributed by atoms with E-state index in [0.717, 1.165) is 6.42 Å². The second kappa shape index (κ2) is 6.53. The SMILES string of the molecule is CC(C)[C@H](N)C(=O)N(C)[C@H]1CCCC[C@@H]1N(C)C. The molecule has 1 amide bonds. The van der Waals surface area contributed by atoms with Crippen molar-refractivity contribution in [2.24, 2.45) is 11.7 Å². The molecule has 0 aromatic carbocycles. The minimum Gasteiger partial charge on any atom is -0.340 e. The van der Waals surface area contributed by atoms with Crippen molar-refractivity contribution in [3.8, 4) is 0 Å². The minimum atomic E-state index is -0.375. The van der Waals surface area contributed by atoms with Crippen LogP contribution in [0.4, 0.5) is 0 Å². The van der Waals surface area contributed by atoms with Gasteiger partial charge in [-0.3, -0.25) is 4.79 Å². The normalized spacial score (nSPS) is 26.4. The Bertz CT molecular complexity index is 278. The zero-order valence-corrected chi connectivity index (χ0v) is 12.5. The Morgan fingerprint density at radius 1 is 1.11 bits per heavy atom. The molecule has 0 heterocycles. The van der Waals surface area contributed by atoms with Crippen molar-refractivity contribution in [2.45, 2.75) is 57.7 Å². The fourth-order valence-electron chi connectivity index (χ4n) is 2.83. The lowest BCUT2D eigenvalue weighted by atomic mass is 9.88. The van der Waals surface area contributed by atoms with Crippen molar-refractivity contribution in [2.75, 3.05) is 21.1 Å². The fourth-order valence-corrected chi connectivity index (χ4v) is 2.83. The van der Waals surface area contributed by atoms with Crippen LogP contribution >= 0.6 is 0 Å². The molecule has 0 aromatic heterocycles. The number of hydrogen-bond acceptors (Lipinski definition) is 3. The van der Waals surface area contributed by atoms with Gasteiger partial charge in [-0.15, -0.1) is 0 Å². The number of rotatable bonds is 4. The zero-order chi connectivity index (χ0) is 13.9. The summed E-state index contributed by atoms with van der Waals surface area (Å²) in [6.45, 7) is 4.00. The molecule has 0 radical (unpaired) electrons. The molecule has 4 heteroatoms. The molecule has 4 nitrogen and oxygen atoms in total. The van der Waals surface area contributed by atoms with E-state index in [1.54, 1.807) is 0 Å². The zero-order valence-electron chi connectivity index (χ0n) is 12.5. The van der Waals surface area contributed by atoms with Gasteiger partial charge in [0.05, 0.1) is 6.04 Å². The number of amides is 1. The third kappa shape index (κ3) is 3.45. The fraction of sp³-hybridized carbons (Fsp3) is 0.929. The van der Waals surface area contributed by atoms with Gasteiger partial charge in [0.2, 0.25) is 5.91 Å². The summed E-state index contributed by atoms with van der Waals surface area (Å²) in [6.07, 6.45) is 4.74. The Hall–Kier alpha value is -0.610. The quantitative estimate of drug-likeness (QED) is 0.824. The number of nitrogens with zero attached hydrogens (tertiary/aromatic N) is 2. The predicted octanol–water partition coefficient (Wildman–Crippen LogP) is 1.30. The lowest BCUT2D eigenvalue weighted by Gasteiger charge is -2.42. The van der Waals surface area contributed by atoms with Crippen LogP contribution in [-0.2, 0) is 4.79 Å². The van der Waals surface area contributed by atoms with E-state index in [0.29, 0.717) is 12.1 Å². The van der Waals surface area contributed by atoms with E-state index in [4.69, 9.17) is 5.73 Å². The van der Waals surface area contributed by atoms with Crippen molar-refractivity contribution in [3.05, 3.63) is 0 Å². The van der Waals surface area contributed by atoms with Crippen molar-refractivity contribution in [3.63, 3.8) is 0 Å². The Balaban J connectivity index is 2.74. The van der Waals surface area contributed by atoms with Gasteiger partial charge in [-0.2, -0.15) is 0 Å². The summed E-state index contributed by atoms with van der Waals surface area (Å²) in [6, 6.07) is 0.401. The number of hydrogen-bond donors (Lipinski definition) is 1. The summed E-state index contributed by atoms with van der Waals surface area (Å²) in [5.74, 6) is 0.282. The molecule has 0 aliphatic heterocycles. The minimum absolute atomic E-state index is 0.0868. The highest BCUT2D eigenvalue weighted by Gasteiger charge is 2.34. The first-order valence-electron chi connectivity index (χ1n) is 7.05. The molecule has 1 saturated carbocycles. The highest BCUT2D eigenvalue weighted by molar-refractivity contribution is 5.82. The van der Waals surface area contributed by atoms with Gasteiger partial charge in [0.1, 0.15) is 0 Å². The third-order valence-electron chi connectivity index (χ3n) is 4.21. The highest BCUT2D eigenvalue weighted by Crippen LogP contribution is 2.26. The summed E-state index contributed by atoms with van der Waals surface area (Å²) in [5.41, 5.74) is 5.98. The molecule has 18 heavy (non-hydrogen) atoms. The molecule has 0 aromatic rings. The molecule has 0 spiro atoms. The molecular formula is C14H29N3O. The molecule has 2 N–H and O–H groups in total. The van der Waals surface area contributed by atoms with E-state index in [1.165, 1.54) is 19.3 Å². The summed E-state index contributed by atoms with van der Waals surface area (Å²) >= 11 is 0. The Labute approximate surface area is 111 Å². The first kappa shape index (κ1) is 15.4. The number of carbonyl (C=O) groups is 1. The van der Waals surface area contributed by atoms with Crippen molar-refractivity contribution < 1.29 is 4.79 Å². The molecule has 0 unspecified atom stereocenters. The monoisotopic (exact) mass is 255 g/mol. The Morgan fingerprint density at radius 2 is 1.61 bits per heavy atom. The van der Waals surface area contributed by atoms with E-state index >= 15 is 0 Å². The maximum atomic E-state index is 12.3. The molecule has 3 atom stereocenters. The lowest BCUT2D eigenvalue weighted by Crippen LogP contribution is -2.56. The summed E-state index contributed by atoms with van der Waals surface area (Å²) < 4.78 is 0. The average Bonchev–Trinajstić information content (AvgIpc) is 2.35. The van der Waals surface area contributed by atoms with Crippen molar-refractivity contribution in [1.29, 1.82) is 0 Å². The van der Waals surface area contributed by atoms with Gasteiger partial charge >= 0.3 is 0 Å². The maximum absolute atomic E-state index is 12.3. The standard InChI is InChI=1S/C14H29N3O/c1-10(2)13(15)14(18)17(5)12-9-7-6-8-11(12)16(3)4/h10-13H,6-9,15H2,1-5H3/t11-,12-,13-/m0/s1. The molecule has 0 bridgehead atoms. The first-order valence-corrected chi connectivity index (χ1v) is 7.05. The maximum Gasteiger partial charge on any atom is 0.239 e. The van der Waals surface area contributed by atoms with Crippen LogP contribution in [0.25, 0.3) is 0 Å². The van der Waals surface area contributed by atoms with Crippen LogP contribution in [0.3, 0.4) is 0 Å². The summed E-state index contributed by atoms with van der Waals surface area (Å²) in [5, 5.41) is 0. The number of nitrogens with two attached hydrogens (primary N) is 1. The van der Waals surface area contributed by atoms with E-state index < -0.39 is 0 Å². The number of likely N-dealkylation sites (N-methyl/N-ethyl adjacent to an activating group) is 2. The van der Waals surface area contributed by atoms with Gasteiger partial charge in [0.25, 0.3) is 0 Å². The van der Waals surface area contributed by atoms with Crippen LogP contribution in [-0.4, -0.2) is 55.0 Å². The Kier molecular flexibility index (Phi) is 5.60. The van der Waals surface area contributed by atoms with Crippen LogP contribution in [0.1, 0.15) is 39.5 Å². The van der Waals surface area contributed by atoms with Gasteiger partial charge in [0, 0.05) is 19.1 Å². The molecule has 106 valence electrons. The van der Waals surface area contributed by atoms with Gasteiger partial charge in [-0.1, -0.05) is 26.7 Å². The predicted molar refractivity (Wildman–Crippen MR) is 75.3 cm³/mol. The third-order valence-corrected chi connectivity index (χ3v) is 4.21. The average molecular weight is 255 g/mol. The summed E-state index contributed by atoms with van der Waals surface area (Å²) in [7, 11) is 6.12. The van der Waals surface area contributed by atoms with Crippen LogP contribution in [0.15, 0.2) is 0 Å². The topological polar surface area (TPSA) is 49.6 Å². The molecule has 0 saturated heterocycles. The van der Waals surface area contributed by atoms with Gasteiger partial charge in [-0.25, -0.2) is 0 Å². The van der Waals surface area contributed by atoms with E-state index in [2.05, 4.69) is 19.0 Å². The van der Waals surface area contributed by atoms with Crippen LogP contribution in [0, 0.1) is 5.92 Å². The van der Waals surface area contributed by atoms with Crippen molar-refractivity contribution in [1.82, 2.24) is 9.80 Å².